The Balaban J connectivity index is 0.756. The molecule has 0 radical (unpaired) electrons. The Labute approximate surface area is 747 Å². The summed E-state index contributed by atoms with van der Waals surface area (Å²) in [6, 6.07) is 170. The van der Waals surface area contributed by atoms with Gasteiger partial charge in [0.15, 0.2) is 0 Å². The summed E-state index contributed by atoms with van der Waals surface area (Å²) in [6.45, 7) is 0. The highest BCUT2D eigenvalue weighted by Gasteiger charge is 2.53. The topological polar surface area (TPSA) is 32.7 Å². The van der Waals surface area contributed by atoms with E-state index in [1.807, 2.05) is 0 Å². The van der Waals surface area contributed by atoms with Gasteiger partial charge in [-0.05, 0) is 294 Å². The van der Waals surface area contributed by atoms with Crippen molar-refractivity contribution in [2.45, 2.75) is 18.3 Å². The molecule has 0 N–H and O–H groups in total. The predicted octanol–water partition coefficient (Wildman–Crippen LogP) is 32.2. The fourth-order valence-corrected chi connectivity index (χ4v) is 21.9. The average Bonchev–Trinajstić information content (AvgIpc) is 1.50. The molecule has 8 nitrogen and oxygen atoms in total. The minimum atomic E-state index is -1.03. The van der Waals surface area contributed by atoms with Crippen LogP contribution in [-0.4, -0.2) is 18.3 Å². The fourth-order valence-electron chi connectivity index (χ4n) is 21.9. The van der Waals surface area contributed by atoms with Crippen molar-refractivity contribution in [2.75, 3.05) is 19.6 Å². The monoisotopic (exact) mass is 1650 g/mol. The number of anilines is 11. The lowest BCUT2D eigenvalue weighted by atomic mass is 9.70. The first kappa shape index (κ1) is 73.6. The van der Waals surface area contributed by atoms with Crippen LogP contribution in [0.3, 0.4) is 0 Å². The number of fused-ring (bicyclic) bond motifs is 22. The van der Waals surface area contributed by atoms with Crippen LogP contribution in [0.15, 0.2) is 479 Å². The van der Waals surface area contributed by atoms with Gasteiger partial charge in [-0.25, -0.2) is 0 Å². The van der Waals surface area contributed by atoms with E-state index in [4.69, 9.17) is 0 Å². The zero-order chi connectivity index (χ0) is 84.8. The van der Waals surface area contributed by atoms with E-state index in [-0.39, 0.29) is 0 Å². The maximum Gasteiger partial charge on any atom is 0.0728 e. The number of hydrogen-bond donors (Lipinski definition) is 0. The van der Waals surface area contributed by atoms with Gasteiger partial charge in [0.25, 0.3) is 0 Å². The van der Waals surface area contributed by atoms with Gasteiger partial charge < -0.3 is 37.9 Å². The third-order valence-electron chi connectivity index (χ3n) is 27.3. The molecule has 3 aliphatic carbocycles. The Bertz CT molecular complexity index is 7950. The molecule has 4 aromatic heterocycles. The first-order valence-corrected chi connectivity index (χ1v) is 44.7. The molecule has 0 unspecified atom stereocenters. The van der Waals surface area contributed by atoms with Crippen LogP contribution >= 0.6 is 0 Å². The minimum absolute atomic E-state index is 0.847. The van der Waals surface area contributed by atoms with Crippen molar-refractivity contribution in [2.24, 2.45) is 0 Å². The van der Waals surface area contributed by atoms with Crippen LogP contribution in [0.5, 0.6) is 0 Å². The van der Waals surface area contributed by atoms with Crippen molar-refractivity contribution in [3.8, 4) is 45.0 Å². The molecule has 19 aromatic carbocycles. The van der Waals surface area contributed by atoms with Gasteiger partial charge in [-0.15, -0.1) is 0 Å². The second kappa shape index (κ2) is 29.6. The molecule has 0 saturated heterocycles. The van der Waals surface area contributed by atoms with E-state index in [1.165, 1.54) is 98.8 Å². The van der Waals surface area contributed by atoms with Crippen molar-refractivity contribution >= 4 is 150 Å². The highest BCUT2D eigenvalue weighted by atomic mass is 15.2. The first-order valence-electron chi connectivity index (χ1n) is 44.7. The van der Waals surface area contributed by atoms with Crippen LogP contribution in [0.1, 0.15) is 35.1 Å². The highest BCUT2D eigenvalue weighted by Crippen LogP contribution is 2.66. The standard InChI is InChI=1S/C121H82N8/c1-9-33-81(34-10-1)122(89-61-69-117-105(73-89)101-49-25-29-53-113(101)126(117)85-41-17-5-18-42-85)93-57-65-97-98-66-58-94(123(82-35-11-2-12-36-82)90-62-70-118-106(74-90)102-50-26-30-54-114(102)127(118)86-43-19-6-20-44-86)78-110(98)121(109(97)77-93)111-79-95(124(83-37-13-3-14-38-83)91-63-71-119-107(75-91)103-51-27-31-55-115(103)128(119)87-45-21-7-22-46-87)59-67-99(111)100-68-60-96(80-112(100)121)125(84-39-15-4-16-40-84)92-64-72-120-108(76-92)104-52-28-32-56-116(104)129(120)88-47-23-8-24-48-88/h1-15,17-39,41-80H,16,40H2. The molecule has 23 aromatic rings. The van der Waals surface area contributed by atoms with E-state index in [2.05, 4.69) is 511 Å². The number of nitrogens with zero attached hydrogens (tertiary/aromatic N) is 8. The van der Waals surface area contributed by atoms with E-state index in [0.717, 1.165) is 137 Å². The normalized spacial score (nSPS) is 13.0. The van der Waals surface area contributed by atoms with Crippen molar-refractivity contribution in [3.63, 3.8) is 0 Å². The molecule has 0 atom stereocenters. The molecule has 8 heteroatoms. The Morgan fingerprint density at radius 1 is 0.186 bits per heavy atom. The van der Waals surface area contributed by atoms with Gasteiger partial charge in [-0.2, -0.15) is 0 Å². The molecule has 1 spiro atoms. The van der Waals surface area contributed by atoms with Crippen LogP contribution in [0.4, 0.5) is 62.6 Å². The van der Waals surface area contributed by atoms with E-state index in [9.17, 15) is 0 Å². The van der Waals surface area contributed by atoms with Crippen LogP contribution in [0.2, 0.25) is 0 Å². The van der Waals surface area contributed by atoms with Gasteiger partial charge in [0.05, 0.1) is 49.5 Å². The summed E-state index contributed by atoms with van der Waals surface area (Å²) in [6.07, 6.45) is 8.68. The maximum atomic E-state index is 2.60. The van der Waals surface area contributed by atoms with Gasteiger partial charge in [-0.3, -0.25) is 0 Å². The Kier molecular flexibility index (Phi) is 16.9. The molecule has 4 heterocycles. The summed E-state index contributed by atoms with van der Waals surface area (Å²) >= 11 is 0. The second-order valence-corrected chi connectivity index (χ2v) is 34.2. The van der Waals surface area contributed by atoms with Gasteiger partial charge in [0.2, 0.25) is 0 Å². The third-order valence-corrected chi connectivity index (χ3v) is 27.3. The second-order valence-electron chi connectivity index (χ2n) is 34.2. The molecule has 0 aliphatic heterocycles. The molecule has 0 saturated carbocycles. The maximum absolute atomic E-state index is 2.60. The predicted molar refractivity (Wildman–Crippen MR) is 539 cm³/mol. The number of allylic oxidation sites excluding steroid dienone is 4. The van der Waals surface area contributed by atoms with Crippen molar-refractivity contribution in [3.05, 3.63) is 501 Å². The molecular formula is C121H82N8. The fraction of sp³-hybridized carbons (Fsp3) is 0.0248. The highest BCUT2D eigenvalue weighted by molar-refractivity contribution is 6.15. The third kappa shape index (κ3) is 11.5. The molecule has 606 valence electrons. The van der Waals surface area contributed by atoms with E-state index < -0.39 is 5.41 Å². The number of aromatic nitrogens is 4. The van der Waals surface area contributed by atoms with E-state index in [1.54, 1.807) is 0 Å². The largest absolute Gasteiger partial charge is 0.314 e. The molecule has 0 fully saturated rings. The number of hydrogen-bond acceptors (Lipinski definition) is 4. The zero-order valence-corrected chi connectivity index (χ0v) is 70.5. The number of para-hydroxylation sites is 11. The quantitative estimate of drug-likeness (QED) is 0.0965. The lowest BCUT2D eigenvalue weighted by molar-refractivity contribution is 0.792. The van der Waals surface area contributed by atoms with Gasteiger partial charge >= 0.3 is 0 Å². The summed E-state index contributed by atoms with van der Waals surface area (Å²) in [4.78, 5) is 10.1. The van der Waals surface area contributed by atoms with E-state index in [0.29, 0.717) is 0 Å². The van der Waals surface area contributed by atoms with Crippen molar-refractivity contribution < 1.29 is 0 Å². The van der Waals surface area contributed by atoms with Gasteiger partial charge in [0.1, 0.15) is 0 Å². The summed E-state index contributed by atoms with van der Waals surface area (Å²) in [7, 11) is 0. The number of rotatable bonds is 16. The van der Waals surface area contributed by atoms with Crippen LogP contribution in [0.25, 0.3) is 132 Å². The molecule has 0 amide bonds. The smallest absolute Gasteiger partial charge is 0.0728 e. The SMILES string of the molecule is C1=CCCC(N(c2ccc3c(c2)C2(c4cc(N(c5ccccc5)c5ccc6c(c5)c5ccccc5n6-c5ccccc5)ccc4-3)c3cc(N(c4ccccc4)c4ccc5c(c4)c4ccccc4n5-c4ccccc4)ccc3-c3ccc(N(c4ccccc4)c4ccc5c(c4)c4ccccc4n5-c4ccccc4)cc32)c2ccc3c(c2)c2ccccc2n3-c2ccccc2)=C1. The number of benzene rings is 19. The minimum Gasteiger partial charge on any atom is -0.314 e. The van der Waals surface area contributed by atoms with Crippen molar-refractivity contribution in [1.82, 2.24) is 18.3 Å². The Hall–Kier alpha value is -16.9. The molecule has 26 rings (SSSR count). The Morgan fingerprint density at radius 2 is 0.411 bits per heavy atom. The van der Waals surface area contributed by atoms with E-state index >= 15 is 0 Å². The summed E-state index contributed by atoms with van der Waals surface area (Å²) < 4.78 is 9.67. The molecular weight excluding hydrogens is 1570 g/mol. The molecule has 3 aliphatic rings. The van der Waals surface area contributed by atoms with Crippen LogP contribution < -0.4 is 19.6 Å². The summed E-state index contributed by atoms with van der Waals surface area (Å²) in [5.41, 5.74) is 34.9. The van der Waals surface area contributed by atoms with Crippen LogP contribution in [0, 0.1) is 0 Å². The zero-order valence-electron chi connectivity index (χ0n) is 70.5. The Morgan fingerprint density at radius 3 is 0.682 bits per heavy atom. The lowest BCUT2D eigenvalue weighted by Gasteiger charge is -2.35. The van der Waals surface area contributed by atoms with Gasteiger partial charge in [0, 0.05) is 134 Å². The first-order chi connectivity index (χ1) is 64.0. The summed E-state index contributed by atoms with van der Waals surface area (Å²) in [5, 5.41) is 9.49. The lowest BCUT2D eigenvalue weighted by Crippen LogP contribution is -2.27. The molecule has 129 heavy (non-hydrogen) atoms. The van der Waals surface area contributed by atoms with Gasteiger partial charge in [-0.1, -0.05) is 237 Å². The summed E-state index contributed by atoms with van der Waals surface area (Å²) in [5.74, 6) is 0. The van der Waals surface area contributed by atoms with Crippen LogP contribution in [-0.2, 0) is 5.41 Å². The van der Waals surface area contributed by atoms with Crippen molar-refractivity contribution in [1.29, 1.82) is 0 Å². The average molecular weight is 1650 g/mol. The molecule has 0 bridgehead atoms.